The first-order valence-electron chi connectivity index (χ1n) is 8.98. The molecule has 0 aliphatic rings. The van der Waals surface area contributed by atoms with Gasteiger partial charge in [-0.25, -0.2) is 9.67 Å². The number of benzene rings is 3. The molecule has 0 radical (unpaired) electrons. The molecule has 0 fully saturated rings. The summed E-state index contributed by atoms with van der Waals surface area (Å²) in [6.07, 6.45) is 0. The van der Waals surface area contributed by atoms with Crippen molar-refractivity contribution < 1.29 is 4.79 Å². The molecule has 8 heteroatoms. The van der Waals surface area contributed by atoms with E-state index in [4.69, 9.17) is 23.2 Å². The van der Waals surface area contributed by atoms with E-state index in [1.165, 1.54) is 0 Å². The summed E-state index contributed by atoms with van der Waals surface area (Å²) < 4.78 is 2.56. The fourth-order valence-corrected chi connectivity index (χ4v) is 3.58. The first-order chi connectivity index (χ1) is 14.4. The van der Waals surface area contributed by atoms with Crippen molar-refractivity contribution in [3.63, 3.8) is 0 Å². The minimum Gasteiger partial charge on any atom is -0.318 e. The molecule has 1 amide bonds. The number of para-hydroxylation sites is 1. The van der Waals surface area contributed by atoms with E-state index in [-0.39, 0.29) is 5.82 Å². The zero-order valence-electron chi connectivity index (χ0n) is 15.7. The average molecular weight is 502 g/mol. The second-order valence-electron chi connectivity index (χ2n) is 6.54. The number of hydrogen-bond donors (Lipinski definition) is 1. The number of aryl methyl sites for hydroxylation is 1. The Labute approximate surface area is 191 Å². The molecule has 1 aromatic heterocycles. The van der Waals surface area contributed by atoms with E-state index in [1.807, 2.05) is 55.5 Å². The molecule has 150 valence electrons. The minimum atomic E-state index is -0.447. The van der Waals surface area contributed by atoms with Crippen LogP contribution in [0.2, 0.25) is 10.0 Å². The molecule has 3 aromatic carbocycles. The van der Waals surface area contributed by atoms with Gasteiger partial charge in [-0.3, -0.25) is 4.79 Å². The highest BCUT2D eigenvalue weighted by Gasteiger charge is 2.20. The van der Waals surface area contributed by atoms with E-state index < -0.39 is 5.91 Å². The lowest BCUT2D eigenvalue weighted by Gasteiger charge is -2.08. The van der Waals surface area contributed by atoms with Crippen LogP contribution in [0.25, 0.3) is 17.1 Å². The maximum atomic E-state index is 12.9. The second-order valence-corrected chi connectivity index (χ2v) is 8.30. The predicted molar refractivity (Wildman–Crippen MR) is 124 cm³/mol. The number of hydrogen-bond acceptors (Lipinski definition) is 3. The van der Waals surface area contributed by atoms with Crippen LogP contribution in [-0.4, -0.2) is 20.7 Å². The Balaban J connectivity index is 1.77. The van der Waals surface area contributed by atoms with Crippen LogP contribution in [0.5, 0.6) is 0 Å². The fraction of sp³-hybridized carbons (Fsp3) is 0.0455. The molecule has 0 saturated carbocycles. The third-order valence-corrected chi connectivity index (χ3v) is 5.54. The number of carbonyl (C=O) groups is 1. The number of halogens is 3. The van der Waals surface area contributed by atoms with Gasteiger partial charge in [0.15, 0.2) is 5.82 Å². The minimum absolute atomic E-state index is 0.0298. The van der Waals surface area contributed by atoms with Gasteiger partial charge in [0.25, 0.3) is 5.91 Å². The number of rotatable bonds is 4. The molecule has 1 N–H and O–H groups in total. The Morgan fingerprint density at radius 3 is 2.37 bits per heavy atom. The quantitative estimate of drug-likeness (QED) is 0.344. The lowest BCUT2D eigenvalue weighted by Crippen LogP contribution is -2.15. The number of aromatic nitrogens is 3. The van der Waals surface area contributed by atoms with Crippen molar-refractivity contribution in [3.05, 3.63) is 92.6 Å². The number of nitrogens with one attached hydrogen (secondary N) is 1. The monoisotopic (exact) mass is 500 g/mol. The molecule has 30 heavy (non-hydrogen) atoms. The molecular formula is C22H15BrCl2N4O. The van der Waals surface area contributed by atoms with Gasteiger partial charge in [0, 0.05) is 15.1 Å². The van der Waals surface area contributed by atoms with E-state index in [0.717, 1.165) is 21.3 Å². The van der Waals surface area contributed by atoms with Gasteiger partial charge in [-0.05, 0) is 55.0 Å². The summed E-state index contributed by atoms with van der Waals surface area (Å²) in [7, 11) is 0. The predicted octanol–water partition coefficient (Wildman–Crippen LogP) is 6.56. The van der Waals surface area contributed by atoms with Crippen molar-refractivity contribution in [3.8, 4) is 17.1 Å². The van der Waals surface area contributed by atoms with Crippen LogP contribution in [0, 0.1) is 6.92 Å². The molecule has 4 rings (SSSR count). The third-order valence-electron chi connectivity index (χ3n) is 4.44. The number of amides is 1. The molecule has 0 bridgehead atoms. The molecule has 0 unspecified atom stereocenters. The normalized spacial score (nSPS) is 10.8. The van der Waals surface area contributed by atoms with Crippen molar-refractivity contribution in [2.24, 2.45) is 0 Å². The smallest absolute Gasteiger partial charge is 0.295 e. The Hall–Kier alpha value is -2.67. The van der Waals surface area contributed by atoms with Gasteiger partial charge < -0.3 is 5.32 Å². The molecular weight excluding hydrogens is 487 g/mol. The van der Waals surface area contributed by atoms with E-state index >= 15 is 0 Å². The van der Waals surface area contributed by atoms with Crippen LogP contribution in [0.15, 0.2) is 71.2 Å². The van der Waals surface area contributed by atoms with E-state index in [9.17, 15) is 4.79 Å². The van der Waals surface area contributed by atoms with Crippen LogP contribution in [0.3, 0.4) is 0 Å². The summed E-state index contributed by atoms with van der Waals surface area (Å²) in [4.78, 5) is 17.4. The van der Waals surface area contributed by atoms with Crippen molar-refractivity contribution >= 4 is 50.7 Å². The second kappa shape index (κ2) is 8.60. The van der Waals surface area contributed by atoms with Crippen LogP contribution in [-0.2, 0) is 0 Å². The number of nitrogens with zero attached hydrogens (tertiary/aromatic N) is 3. The number of anilines is 1. The molecule has 0 aliphatic heterocycles. The van der Waals surface area contributed by atoms with Crippen LogP contribution < -0.4 is 5.32 Å². The zero-order chi connectivity index (χ0) is 21.3. The Morgan fingerprint density at radius 1 is 1.00 bits per heavy atom. The molecule has 0 spiro atoms. The lowest BCUT2D eigenvalue weighted by molar-refractivity contribution is 0.101. The van der Waals surface area contributed by atoms with Gasteiger partial charge in [0.2, 0.25) is 5.82 Å². The highest BCUT2D eigenvalue weighted by molar-refractivity contribution is 9.10. The summed E-state index contributed by atoms with van der Waals surface area (Å²) in [5, 5.41) is 8.34. The highest BCUT2D eigenvalue weighted by Crippen LogP contribution is 2.27. The highest BCUT2D eigenvalue weighted by atomic mass is 79.9. The third kappa shape index (κ3) is 4.26. The van der Waals surface area contributed by atoms with Crippen LogP contribution in [0.4, 0.5) is 5.69 Å². The maximum absolute atomic E-state index is 12.9. The summed E-state index contributed by atoms with van der Waals surface area (Å²) in [6.45, 7) is 1.87. The first kappa shape index (κ1) is 20.6. The number of carbonyl (C=O) groups excluding carboxylic acids is 1. The molecule has 0 saturated heterocycles. The Morgan fingerprint density at radius 2 is 1.70 bits per heavy atom. The maximum Gasteiger partial charge on any atom is 0.295 e. The average Bonchev–Trinajstić information content (AvgIpc) is 3.17. The fourth-order valence-electron chi connectivity index (χ4n) is 2.92. The van der Waals surface area contributed by atoms with E-state index in [1.54, 1.807) is 22.9 Å². The lowest BCUT2D eigenvalue weighted by atomic mass is 10.2. The molecule has 5 nitrogen and oxygen atoms in total. The van der Waals surface area contributed by atoms with Crippen LogP contribution in [0.1, 0.15) is 16.2 Å². The SMILES string of the molecule is Cc1cccc(Cl)c1NC(=O)c1nc(-c2ccc(Br)cc2)n(-c2ccc(Cl)cc2)n1. The molecule has 1 heterocycles. The first-order valence-corrected chi connectivity index (χ1v) is 10.5. The summed E-state index contributed by atoms with van der Waals surface area (Å²) >= 11 is 15.7. The van der Waals surface area contributed by atoms with Gasteiger partial charge in [0.1, 0.15) is 0 Å². The van der Waals surface area contributed by atoms with Crippen molar-refractivity contribution in [2.75, 3.05) is 5.32 Å². The van der Waals surface area contributed by atoms with Gasteiger partial charge in [-0.1, -0.05) is 63.4 Å². The largest absolute Gasteiger partial charge is 0.318 e. The van der Waals surface area contributed by atoms with E-state index in [0.29, 0.717) is 21.6 Å². The van der Waals surface area contributed by atoms with Crippen LogP contribution >= 0.6 is 39.1 Å². The van der Waals surface area contributed by atoms with E-state index in [2.05, 4.69) is 31.3 Å². The van der Waals surface area contributed by atoms with Crippen molar-refractivity contribution in [2.45, 2.75) is 6.92 Å². The molecule has 4 aromatic rings. The zero-order valence-corrected chi connectivity index (χ0v) is 18.8. The van der Waals surface area contributed by atoms with Gasteiger partial charge >= 0.3 is 0 Å². The summed E-state index contributed by atoms with van der Waals surface area (Å²) in [5.74, 6) is 0.116. The standard InChI is InChI=1S/C22H15BrCl2N4O/c1-13-3-2-4-18(25)19(13)26-22(30)20-27-21(14-5-7-15(23)8-6-14)29(28-20)17-11-9-16(24)10-12-17/h2-12H,1H3,(H,26,30). The summed E-state index contributed by atoms with van der Waals surface area (Å²) in [6, 6.07) is 20.2. The summed E-state index contributed by atoms with van der Waals surface area (Å²) in [5.41, 5.74) is 2.93. The van der Waals surface area contributed by atoms with Gasteiger partial charge in [0.05, 0.1) is 16.4 Å². The van der Waals surface area contributed by atoms with Gasteiger partial charge in [-0.2, -0.15) is 0 Å². The van der Waals surface area contributed by atoms with Crippen molar-refractivity contribution in [1.82, 2.24) is 14.8 Å². The van der Waals surface area contributed by atoms with Crippen molar-refractivity contribution in [1.29, 1.82) is 0 Å². The molecule has 0 aliphatic carbocycles. The Kier molecular flexibility index (Phi) is 5.90. The topological polar surface area (TPSA) is 59.8 Å². The molecule has 0 atom stereocenters. The van der Waals surface area contributed by atoms with Gasteiger partial charge in [-0.15, -0.1) is 5.10 Å². The Bertz CT molecular complexity index is 1140.